The summed E-state index contributed by atoms with van der Waals surface area (Å²) in [5, 5.41) is 5.38. The lowest BCUT2D eigenvalue weighted by molar-refractivity contribution is -0.124. The number of benzene rings is 2. The van der Waals surface area contributed by atoms with Crippen molar-refractivity contribution < 1.29 is 14.3 Å². The minimum Gasteiger partial charge on any atom is -0.494 e. The first kappa shape index (κ1) is 19.0. The van der Waals surface area contributed by atoms with Crippen LogP contribution < -0.4 is 15.4 Å². The molecule has 25 heavy (non-hydrogen) atoms. The van der Waals surface area contributed by atoms with E-state index in [0.717, 1.165) is 15.8 Å². The number of rotatable bonds is 8. The highest BCUT2D eigenvalue weighted by Crippen LogP contribution is 2.21. The summed E-state index contributed by atoms with van der Waals surface area (Å²) >= 11 is 3.36. The lowest BCUT2D eigenvalue weighted by atomic mass is 10.1. The molecule has 0 fully saturated rings. The maximum absolute atomic E-state index is 12.0. The van der Waals surface area contributed by atoms with Crippen molar-refractivity contribution in [2.24, 2.45) is 0 Å². The van der Waals surface area contributed by atoms with Gasteiger partial charge in [-0.05, 0) is 53.0 Å². The van der Waals surface area contributed by atoms with Crippen molar-refractivity contribution in [1.29, 1.82) is 0 Å². The fourth-order valence-electron chi connectivity index (χ4n) is 2.28. The third-order valence-electron chi connectivity index (χ3n) is 3.49. The molecule has 0 aliphatic heterocycles. The second kappa shape index (κ2) is 9.84. The first-order chi connectivity index (χ1) is 12.1. The normalized spacial score (nSPS) is 10.2. The Morgan fingerprint density at radius 1 is 1.04 bits per heavy atom. The highest BCUT2D eigenvalue weighted by molar-refractivity contribution is 9.10. The molecule has 6 heteroatoms. The number of aryl methyl sites for hydroxylation is 1. The minimum absolute atomic E-state index is 0.0622. The van der Waals surface area contributed by atoms with Crippen LogP contribution in [0.4, 0.5) is 5.69 Å². The average molecular weight is 405 g/mol. The van der Waals surface area contributed by atoms with Gasteiger partial charge in [0.2, 0.25) is 11.8 Å². The number of carbonyl (C=O) groups excluding carboxylic acids is 2. The quantitative estimate of drug-likeness (QED) is 0.706. The van der Waals surface area contributed by atoms with Crippen LogP contribution in [0.15, 0.2) is 53.0 Å². The first-order valence-corrected chi connectivity index (χ1v) is 8.91. The van der Waals surface area contributed by atoms with Crippen LogP contribution >= 0.6 is 15.9 Å². The summed E-state index contributed by atoms with van der Waals surface area (Å²) in [5.74, 6) is 0.355. The summed E-state index contributed by atoms with van der Waals surface area (Å²) in [6.07, 6.45) is 0.861. The molecule has 0 bridgehead atoms. The monoisotopic (exact) mass is 404 g/mol. The number of hydrogen-bond donors (Lipinski definition) is 2. The number of nitrogens with one attached hydrogen (secondary N) is 2. The molecule has 2 rings (SSSR count). The van der Waals surface area contributed by atoms with Crippen LogP contribution in [-0.2, 0) is 16.0 Å². The van der Waals surface area contributed by atoms with Crippen molar-refractivity contribution in [3.63, 3.8) is 0 Å². The summed E-state index contributed by atoms with van der Waals surface area (Å²) in [5.41, 5.74) is 1.66. The van der Waals surface area contributed by atoms with Gasteiger partial charge in [0.25, 0.3) is 0 Å². The standard InChI is InChI=1S/C19H21BrN2O3/c1-2-25-17-10-6-3-7-14(17)11-12-18(23)21-13-19(24)22-16-9-5-4-8-15(16)20/h3-10H,2,11-13H2,1H3,(H,21,23)(H,22,24). The molecule has 2 N–H and O–H groups in total. The number of ether oxygens (including phenoxy) is 1. The zero-order chi connectivity index (χ0) is 18.1. The largest absolute Gasteiger partial charge is 0.494 e. The molecule has 0 aromatic heterocycles. The molecule has 0 aliphatic rings. The summed E-state index contributed by atoms with van der Waals surface area (Å²) < 4.78 is 6.34. The first-order valence-electron chi connectivity index (χ1n) is 8.12. The zero-order valence-corrected chi connectivity index (χ0v) is 15.6. The smallest absolute Gasteiger partial charge is 0.243 e. The average Bonchev–Trinajstić information content (AvgIpc) is 2.61. The highest BCUT2D eigenvalue weighted by atomic mass is 79.9. The Hall–Kier alpha value is -2.34. The van der Waals surface area contributed by atoms with Gasteiger partial charge in [-0.1, -0.05) is 30.3 Å². The van der Waals surface area contributed by atoms with E-state index < -0.39 is 0 Å². The Balaban J connectivity index is 1.77. The van der Waals surface area contributed by atoms with Gasteiger partial charge >= 0.3 is 0 Å². The summed E-state index contributed by atoms with van der Waals surface area (Å²) in [4.78, 5) is 23.9. The van der Waals surface area contributed by atoms with Crippen LogP contribution in [0.1, 0.15) is 18.9 Å². The molecule has 2 aromatic rings. The maximum atomic E-state index is 12.0. The predicted molar refractivity (Wildman–Crippen MR) is 102 cm³/mol. The number of para-hydroxylation sites is 2. The maximum Gasteiger partial charge on any atom is 0.243 e. The molecule has 0 saturated heterocycles. The minimum atomic E-state index is -0.269. The van der Waals surface area contributed by atoms with Crippen molar-refractivity contribution in [2.75, 3.05) is 18.5 Å². The molecule has 2 amide bonds. The van der Waals surface area contributed by atoms with Crippen molar-refractivity contribution in [3.8, 4) is 5.75 Å². The molecule has 2 aromatic carbocycles. The molecular formula is C19H21BrN2O3. The lowest BCUT2D eigenvalue weighted by Gasteiger charge is -2.10. The molecule has 5 nitrogen and oxygen atoms in total. The van der Waals surface area contributed by atoms with E-state index in [1.54, 1.807) is 6.07 Å². The Bertz CT molecular complexity index is 734. The van der Waals surface area contributed by atoms with E-state index >= 15 is 0 Å². The third kappa shape index (κ3) is 6.23. The SMILES string of the molecule is CCOc1ccccc1CCC(=O)NCC(=O)Nc1ccccc1Br. The summed E-state index contributed by atoms with van der Waals surface area (Å²) in [7, 11) is 0. The van der Waals surface area contributed by atoms with Gasteiger partial charge < -0.3 is 15.4 Å². The Labute approximate surface area is 155 Å². The highest BCUT2D eigenvalue weighted by Gasteiger charge is 2.09. The van der Waals surface area contributed by atoms with Gasteiger partial charge in [-0.25, -0.2) is 0 Å². The lowest BCUT2D eigenvalue weighted by Crippen LogP contribution is -2.33. The number of carbonyl (C=O) groups is 2. The van der Waals surface area contributed by atoms with Crippen LogP contribution in [0.2, 0.25) is 0 Å². The van der Waals surface area contributed by atoms with E-state index in [0.29, 0.717) is 25.1 Å². The van der Waals surface area contributed by atoms with Crippen molar-refractivity contribution in [1.82, 2.24) is 5.32 Å². The van der Waals surface area contributed by atoms with Crippen LogP contribution in [-0.4, -0.2) is 25.0 Å². The fraction of sp³-hybridized carbons (Fsp3) is 0.263. The molecule has 0 atom stereocenters. The van der Waals surface area contributed by atoms with E-state index in [4.69, 9.17) is 4.74 Å². The van der Waals surface area contributed by atoms with Crippen molar-refractivity contribution >= 4 is 33.4 Å². The Morgan fingerprint density at radius 2 is 1.76 bits per heavy atom. The van der Waals surface area contributed by atoms with Crippen LogP contribution in [0.5, 0.6) is 5.75 Å². The fourth-order valence-corrected chi connectivity index (χ4v) is 2.66. The molecule has 132 valence electrons. The van der Waals surface area contributed by atoms with Crippen molar-refractivity contribution in [2.45, 2.75) is 19.8 Å². The summed E-state index contributed by atoms with van der Waals surface area (Å²) in [6.45, 7) is 2.44. The van der Waals surface area contributed by atoms with E-state index in [1.807, 2.05) is 49.4 Å². The van der Waals surface area contributed by atoms with Gasteiger partial charge in [-0.2, -0.15) is 0 Å². The molecule has 0 saturated carbocycles. The van der Waals surface area contributed by atoms with E-state index in [1.165, 1.54) is 0 Å². The molecule has 0 spiro atoms. The van der Waals surface area contributed by atoms with Gasteiger partial charge in [-0.3, -0.25) is 9.59 Å². The van der Waals surface area contributed by atoms with Crippen LogP contribution in [0.25, 0.3) is 0 Å². The van der Waals surface area contributed by atoms with E-state index in [2.05, 4.69) is 26.6 Å². The van der Waals surface area contributed by atoms with Gasteiger partial charge in [0.05, 0.1) is 18.8 Å². The predicted octanol–water partition coefficient (Wildman–Crippen LogP) is 3.54. The van der Waals surface area contributed by atoms with Crippen LogP contribution in [0.3, 0.4) is 0 Å². The van der Waals surface area contributed by atoms with E-state index in [9.17, 15) is 9.59 Å². The van der Waals surface area contributed by atoms with Gasteiger partial charge in [-0.15, -0.1) is 0 Å². The second-order valence-electron chi connectivity index (χ2n) is 5.35. The number of amides is 2. The van der Waals surface area contributed by atoms with E-state index in [-0.39, 0.29) is 18.4 Å². The number of halogens is 1. The van der Waals surface area contributed by atoms with Gasteiger partial charge in [0.15, 0.2) is 0 Å². The Morgan fingerprint density at radius 3 is 2.52 bits per heavy atom. The molecular weight excluding hydrogens is 384 g/mol. The van der Waals surface area contributed by atoms with Gasteiger partial charge in [0, 0.05) is 10.9 Å². The number of anilines is 1. The third-order valence-corrected chi connectivity index (χ3v) is 4.18. The topological polar surface area (TPSA) is 67.4 Å². The molecule has 0 unspecified atom stereocenters. The summed E-state index contributed by atoms with van der Waals surface area (Å²) in [6, 6.07) is 15.0. The molecule has 0 aliphatic carbocycles. The van der Waals surface area contributed by atoms with Crippen molar-refractivity contribution in [3.05, 3.63) is 58.6 Å². The number of hydrogen-bond acceptors (Lipinski definition) is 3. The van der Waals surface area contributed by atoms with Gasteiger partial charge in [0.1, 0.15) is 5.75 Å². The Kier molecular flexibility index (Phi) is 7.47. The second-order valence-corrected chi connectivity index (χ2v) is 6.20. The molecule has 0 radical (unpaired) electrons. The molecule has 0 heterocycles. The van der Waals surface area contributed by atoms with Crippen LogP contribution in [0, 0.1) is 0 Å². The zero-order valence-electron chi connectivity index (χ0n) is 14.0.